The number of carbonyl (C=O) groups is 1. The van der Waals surface area contributed by atoms with Gasteiger partial charge in [0.05, 0.1) is 25.0 Å². The Labute approximate surface area is 177 Å². The summed E-state index contributed by atoms with van der Waals surface area (Å²) < 4.78 is 36.3. The quantitative estimate of drug-likeness (QED) is 0.636. The van der Waals surface area contributed by atoms with Crippen LogP contribution in [0, 0.1) is 0 Å². The van der Waals surface area contributed by atoms with Crippen LogP contribution in [0.2, 0.25) is 5.02 Å². The van der Waals surface area contributed by atoms with E-state index >= 15 is 0 Å². The highest BCUT2D eigenvalue weighted by molar-refractivity contribution is 7.92. The summed E-state index contributed by atoms with van der Waals surface area (Å²) in [4.78, 5) is 16.8. The molecule has 3 aromatic rings. The van der Waals surface area contributed by atoms with Crippen molar-refractivity contribution in [1.82, 2.24) is 15.5 Å². The van der Waals surface area contributed by atoms with Gasteiger partial charge in [-0.3, -0.25) is 9.10 Å². The summed E-state index contributed by atoms with van der Waals surface area (Å²) in [7, 11) is -3.58. The molecular weight excluding hydrogens is 432 g/mol. The molecule has 1 aliphatic rings. The maximum absolute atomic E-state index is 12.6. The second-order valence-electron chi connectivity index (χ2n) is 6.60. The van der Waals surface area contributed by atoms with E-state index < -0.39 is 22.0 Å². The Morgan fingerprint density at radius 2 is 1.97 bits per heavy atom. The van der Waals surface area contributed by atoms with Crippen LogP contribution in [0.1, 0.15) is 5.89 Å². The molecule has 2 heterocycles. The third kappa shape index (κ3) is 4.24. The number of aromatic nitrogens is 2. The minimum Gasteiger partial charge on any atom is -0.476 e. The third-order valence-corrected chi connectivity index (χ3v) is 5.81. The minimum absolute atomic E-state index is 0.0280. The Bertz CT molecular complexity index is 1180. The lowest BCUT2D eigenvalue weighted by atomic mass is 10.2. The molecule has 1 aromatic heterocycles. The van der Waals surface area contributed by atoms with Crippen LogP contribution in [-0.2, 0) is 21.4 Å². The van der Waals surface area contributed by atoms with Crippen LogP contribution in [0.4, 0.5) is 5.69 Å². The molecule has 0 saturated carbocycles. The first-order valence-electron chi connectivity index (χ1n) is 8.91. The molecule has 9 nitrogen and oxygen atoms in total. The molecule has 0 saturated heterocycles. The number of sulfonamides is 1. The van der Waals surface area contributed by atoms with Crippen molar-refractivity contribution in [1.29, 1.82) is 0 Å². The molecule has 30 heavy (non-hydrogen) atoms. The molecule has 4 rings (SSSR count). The predicted octanol–water partition coefficient (Wildman–Crippen LogP) is 2.23. The number of carbonyl (C=O) groups excluding carboxylic acids is 1. The minimum atomic E-state index is -3.58. The number of nitrogens with one attached hydrogen (secondary N) is 1. The summed E-state index contributed by atoms with van der Waals surface area (Å²) in [5.74, 6) is 0.382. The maximum Gasteiger partial charge on any atom is 0.263 e. The monoisotopic (exact) mass is 448 g/mol. The summed E-state index contributed by atoms with van der Waals surface area (Å²) >= 11 is 5.87. The third-order valence-electron chi connectivity index (χ3n) is 4.41. The van der Waals surface area contributed by atoms with Crippen molar-refractivity contribution in [3.63, 3.8) is 0 Å². The van der Waals surface area contributed by atoms with E-state index in [4.69, 9.17) is 20.9 Å². The van der Waals surface area contributed by atoms with Gasteiger partial charge in [0.15, 0.2) is 6.10 Å². The van der Waals surface area contributed by atoms with Gasteiger partial charge in [0.2, 0.25) is 21.7 Å². The van der Waals surface area contributed by atoms with E-state index in [9.17, 15) is 13.2 Å². The van der Waals surface area contributed by atoms with Gasteiger partial charge in [0, 0.05) is 10.6 Å². The molecule has 2 aromatic carbocycles. The lowest BCUT2D eigenvalue weighted by Crippen LogP contribution is -2.50. The fourth-order valence-corrected chi connectivity index (χ4v) is 4.01. The lowest BCUT2D eigenvalue weighted by molar-refractivity contribution is -0.128. The number of fused-ring (bicyclic) bond motifs is 1. The van der Waals surface area contributed by atoms with Crippen molar-refractivity contribution in [2.75, 3.05) is 17.1 Å². The van der Waals surface area contributed by atoms with E-state index in [1.54, 1.807) is 48.5 Å². The van der Waals surface area contributed by atoms with Gasteiger partial charge in [0.25, 0.3) is 5.91 Å². The Morgan fingerprint density at radius 1 is 1.23 bits per heavy atom. The molecular formula is C19H17ClN4O5S. The zero-order valence-corrected chi connectivity index (χ0v) is 17.4. The fourth-order valence-electron chi connectivity index (χ4n) is 2.97. The highest BCUT2D eigenvalue weighted by Gasteiger charge is 2.34. The van der Waals surface area contributed by atoms with Gasteiger partial charge >= 0.3 is 0 Å². The van der Waals surface area contributed by atoms with Gasteiger partial charge in [-0.2, -0.15) is 4.98 Å². The SMILES string of the molecule is CS(=O)(=O)N1CC(C(=O)NCc2nc(-c3ccc(Cl)cc3)no2)Oc2ccccc21. The van der Waals surface area contributed by atoms with E-state index in [2.05, 4.69) is 15.5 Å². The van der Waals surface area contributed by atoms with Crippen molar-refractivity contribution in [2.45, 2.75) is 12.6 Å². The van der Waals surface area contributed by atoms with Gasteiger partial charge in [0.1, 0.15) is 5.75 Å². The second-order valence-corrected chi connectivity index (χ2v) is 8.95. The molecule has 0 spiro atoms. The van der Waals surface area contributed by atoms with E-state index in [1.807, 2.05) is 0 Å². The first-order valence-corrected chi connectivity index (χ1v) is 11.1. The number of amides is 1. The van der Waals surface area contributed by atoms with Crippen LogP contribution in [0.3, 0.4) is 0 Å². The van der Waals surface area contributed by atoms with Gasteiger partial charge < -0.3 is 14.6 Å². The van der Waals surface area contributed by atoms with Crippen molar-refractivity contribution >= 4 is 33.2 Å². The summed E-state index contributed by atoms with van der Waals surface area (Å²) in [6.07, 6.45) is 0.0640. The number of anilines is 1. The summed E-state index contributed by atoms with van der Waals surface area (Å²) in [5.41, 5.74) is 1.12. The van der Waals surface area contributed by atoms with E-state index in [-0.39, 0.29) is 19.0 Å². The van der Waals surface area contributed by atoms with E-state index in [0.717, 1.165) is 16.1 Å². The zero-order valence-electron chi connectivity index (χ0n) is 15.8. The fraction of sp³-hybridized carbons (Fsp3) is 0.211. The molecule has 0 radical (unpaired) electrons. The molecule has 0 aliphatic carbocycles. The van der Waals surface area contributed by atoms with Gasteiger partial charge in [-0.05, 0) is 36.4 Å². The first-order chi connectivity index (χ1) is 14.3. The highest BCUT2D eigenvalue weighted by atomic mass is 35.5. The first kappa shape index (κ1) is 20.2. The summed E-state index contributed by atoms with van der Waals surface area (Å²) in [6.45, 7) is -0.165. The van der Waals surface area contributed by atoms with E-state index in [1.165, 1.54) is 0 Å². The van der Waals surface area contributed by atoms with Crippen LogP contribution >= 0.6 is 11.6 Å². The van der Waals surface area contributed by atoms with Crippen LogP contribution < -0.4 is 14.4 Å². The number of ether oxygens (including phenoxy) is 1. The number of hydrogen-bond donors (Lipinski definition) is 1. The van der Waals surface area contributed by atoms with Crippen molar-refractivity contribution in [2.24, 2.45) is 0 Å². The van der Waals surface area contributed by atoms with Crippen LogP contribution in [0.25, 0.3) is 11.4 Å². The summed E-state index contributed by atoms with van der Waals surface area (Å²) in [6, 6.07) is 13.6. The zero-order chi connectivity index (χ0) is 21.3. The van der Waals surface area contributed by atoms with Gasteiger partial charge in [-0.15, -0.1) is 0 Å². The molecule has 1 atom stereocenters. The number of para-hydroxylation sites is 2. The summed E-state index contributed by atoms with van der Waals surface area (Å²) in [5, 5.41) is 7.11. The number of rotatable bonds is 5. The lowest BCUT2D eigenvalue weighted by Gasteiger charge is -2.33. The number of benzene rings is 2. The topological polar surface area (TPSA) is 115 Å². The molecule has 156 valence electrons. The van der Waals surface area contributed by atoms with Crippen LogP contribution in [0.5, 0.6) is 5.75 Å². The normalized spacial score (nSPS) is 15.9. The molecule has 1 N–H and O–H groups in total. The van der Waals surface area contributed by atoms with Crippen molar-refractivity contribution < 1.29 is 22.5 Å². The molecule has 1 aliphatic heterocycles. The van der Waals surface area contributed by atoms with E-state index in [0.29, 0.717) is 22.3 Å². The molecule has 11 heteroatoms. The average molecular weight is 449 g/mol. The Hall–Kier alpha value is -3.11. The number of nitrogens with zero attached hydrogens (tertiary/aromatic N) is 3. The predicted molar refractivity (Wildman–Crippen MR) is 110 cm³/mol. The van der Waals surface area contributed by atoms with Crippen LogP contribution in [0.15, 0.2) is 53.1 Å². The molecule has 0 bridgehead atoms. The van der Waals surface area contributed by atoms with Crippen LogP contribution in [-0.4, -0.2) is 43.4 Å². The Balaban J connectivity index is 1.44. The largest absolute Gasteiger partial charge is 0.476 e. The van der Waals surface area contributed by atoms with Gasteiger partial charge in [-0.1, -0.05) is 28.9 Å². The smallest absolute Gasteiger partial charge is 0.263 e. The molecule has 1 amide bonds. The standard InChI is InChI=1S/C19H17ClN4O5S/c1-30(26,27)24-11-16(28-15-5-3-2-4-14(15)24)19(25)21-10-17-22-18(23-29-17)12-6-8-13(20)9-7-12/h2-9,16H,10-11H2,1H3,(H,21,25). The van der Waals surface area contributed by atoms with Crippen molar-refractivity contribution in [3.8, 4) is 17.1 Å². The Kier molecular flexibility index (Phi) is 5.35. The van der Waals surface area contributed by atoms with Gasteiger partial charge in [-0.25, -0.2) is 8.42 Å². The van der Waals surface area contributed by atoms with Crippen molar-refractivity contribution in [3.05, 3.63) is 59.4 Å². The average Bonchev–Trinajstić information content (AvgIpc) is 3.20. The molecule has 1 unspecified atom stereocenters. The highest BCUT2D eigenvalue weighted by Crippen LogP contribution is 2.34. The molecule has 0 fully saturated rings. The number of hydrogen-bond acceptors (Lipinski definition) is 7. The second kappa shape index (κ2) is 7.96. The maximum atomic E-state index is 12.6. The number of halogens is 1. The Morgan fingerprint density at radius 3 is 2.70 bits per heavy atom.